The molecule has 0 saturated carbocycles. The molecule has 1 saturated heterocycles. The molecule has 0 aromatic carbocycles. The van der Waals surface area contributed by atoms with Crippen LogP contribution >= 0.6 is 0 Å². The van der Waals surface area contributed by atoms with Crippen molar-refractivity contribution in [1.29, 1.82) is 5.26 Å². The first-order chi connectivity index (χ1) is 15.5. The number of nitrogens with zero attached hydrogens (tertiary/aromatic N) is 5. The van der Waals surface area contributed by atoms with E-state index in [0.29, 0.717) is 0 Å². The van der Waals surface area contributed by atoms with E-state index < -0.39 is 75.4 Å². The van der Waals surface area contributed by atoms with Crippen LogP contribution < -0.4 is 4.90 Å². The third-order valence-electron chi connectivity index (χ3n) is 3.53. The van der Waals surface area contributed by atoms with Crippen LogP contribution in [0, 0.1) is 17.2 Å². The summed E-state index contributed by atoms with van der Waals surface area (Å²) in [4.78, 5) is 23.5. The molecule has 0 radical (unpaired) electrons. The second-order valence-corrected chi connectivity index (χ2v) is 4.91. The molecule has 1 amide bonds. The fraction of sp³-hybridized carbons (Fsp3) is 0.500. The highest BCUT2D eigenvalue weighted by molar-refractivity contribution is 5.87. The van der Waals surface area contributed by atoms with E-state index in [1.807, 2.05) is 0 Å². The minimum atomic E-state index is -3.33. The zero-order valence-electron chi connectivity index (χ0n) is 23.0. The number of hydrogen-bond donors (Lipinski definition) is 1. The fourth-order valence-electron chi connectivity index (χ4n) is 2.33. The predicted molar refractivity (Wildman–Crippen MR) is 86.7 cm³/mol. The van der Waals surface area contributed by atoms with E-state index in [9.17, 15) is 4.79 Å². The molecule has 0 unspecified atom stereocenters. The number of carbonyl (C=O) groups is 1. The Kier molecular flexibility index (Phi) is 1.87. The van der Waals surface area contributed by atoms with Gasteiger partial charge in [0.2, 0.25) is 5.91 Å². The Bertz CT molecular complexity index is 1170. The van der Waals surface area contributed by atoms with Gasteiger partial charge in [-0.05, 0) is 18.4 Å². The number of aromatic amines is 1. The van der Waals surface area contributed by atoms with Crippen molar-refractivity contribution in [2.24, 2.45) is 5.89 Å². The molecule has 7 nitrogen and oxygen atoms in total. The van der Waals surface area contributed by atoms with Gasteiger partial charge in [0, 0.05) is 35.8 Å². The molecule has 1 fully saturated rings. The van der Waals surface area contributed by atoms with Crippen LogP contribution in [0.4, 0.5) is 5.82 Å². The molecular formula is C16H20N6O. The Balaban J connectivity index is 2.37. The number of H-pyrrole nitrogens is 1. The van der Waals surface area contributed by atoms with Gasteiger partial charge in [-0.3, -0.25) is 4.79 Å². The van der Waals surface area contributed by atoms with Crippen LogP contribution in [0.5, 0.6) is 0 Å². The van der Waals surface area contributed by atoms with E-state index in [1.165, 1.54) is 0 Å². The number of hydrogen-bond acceptors (Lipinski definition) is 5. The third kappa shape index (κ3) is 2.84. The standard InChI is InChI=1S/C16H20N6O/c1-11-5-8-22(14(23)3-6-17)9-13(11)21(2)16-12-4-7-18-15(12)19-10-20-16/h4,7,10-11,13H,3,5,8-9H2,1-2H3,(H,18,19,20)/t11-,13+/m1/s1/i1D3,2D3,4D,7D,10D,11D,13D. The summed E-state index contributed by atoms with van der Waals surface area (Å²) < 4.78 is 90.1. The largest absolute Gasteiger partial charge is 0.354 e. The molecule has 3 heterocycles. The first-order valence-corrected chi connectivity index (χ1v) is 6.76. The topological polar surface area (TPSA) is 88.9 Å². The van der Waals surface area contributed by atoms with Gasteiger partial charge in [0.15, 0.2) is 0 Å². The first-order valence-electron chi connectivity index (χ1n) is 12.3. The van der Waals surface area contributed by atoms with Crippen LogP contribution in [-0.4, -0.2) is 51.8 Å². The fourth-order valence-corrected chi connectivity index (χ4v) is 2.33. The molecule has 2 atom stereocenters. The van der Waals surface area contributed by atoms with Crippen LogP contribution in [-0.2, 0) is 4.79 Å². The zero-order valence-corrected chi connectivity index (χ0v) is 12.0. The third-order valence-corrected chi connectivity index (χ3v) is 3.53. The first kappa shape index (κ1) is 6.87. The number of rotatable bonds is 3. The molecule has 1 N–H and O–H groups in total. The van der Waals surface area contributed by atoms with Gasteiger partial charge in [0.1, 0.15) is 25.6 Å². The van der Waals surface area contributed by atoms with Crippen molar-refractivity contribution < 1.29 is 19.9 Å². The number of fused-ring (bicyclic) bond motifs is 1. The molecule has 120 valence electrons. The number of anilines is 1. The van der Waals surface area contributed by atoms with Crippen molar-refractivity contribution >= 4 is 22.8 Å². The van der Waals surface area contributed by atoms with Gasteiger partial charge in [-0.15, -0.1) is 0 Å². The maximum atomic E-state index is 12.4. The molecule has 1 aliphatic heterocycles. The Morgan fingerprint density at radius 1 is 1.74 bits per heavy atom. The second-order valence-electron chi connectivity index (χ2n) is 4.91. The lowest BCUT2D eigenvalue weighted by atomic mass is 9.92. The number of amides is 1. The maximum Gasteiger partial charge on any atom is 0.236 e. The molecule has 0 spiro atoms. The van der Waals surface area contributed by atoms with Crippen LogP contribution in [0.25, 0.3) is 11.0 Å². The SMILES string of the molecule is [2H]c1nc(N(C([2H])([2H])[2H])[C@@]2([2H])CN(C(=O)CC#N)CC[C@@]2([2H])C([2H])([2H])[2H])c2c([2H])c([2H])[nH]c2n1. The van der Waals surface area contributed by atoms with Crippen molar-refractivity contribution in [3.8, 4) is 6.07 Å². The van der Waals surface area contributed by atoms with Crippen molar-refractivity contribution in [3.05, 3.63) is 18.5 Å². The highest BCUT2D eigenvalue weighted by atomic mass is 16.2. The van der Waals surface area contributed by atoms with E-state index in [-0.39, 0.29) is 22.5 Å². The lowest BCUT2D eigenvalue weighted by Crippen LogP contribution is -2.52. The number of likely N-dealkylation sites (N-methyl/N-ethyl adjacent to an activating group) is 1. The number of carbonyl (C=O) groups excluding carboxylic acids is 1. The van der Waals surface area contributed by atoms with Crippen LogP contribution in [0.1, 0.15) is 34.8 Å². The smallest absolute Gasteiger partial charge is 0.236 e. The summed E-state index contributed by atoms with van der Waals surface area (Å²) in [5.74, 6) is -4.25. The van der Waals surface area contributed by atoms with Gasteiger partial charge in [-0.2, -0.15) is 5.26 Å². The monoisotopic (exact) mass is 323 g/mol. The highest BCUT2D eigenvalue weighted by Gasteiger charge is 2.32. The van der Waals surface area contributed by atoms with Gasteiger partial charge >= 0.3 is 0 Å². The Labute approximate surface area is 150 Å². The van der Waals surface area contributed by atoms with Crippen molar-refractivity contribution in [3.63, 3.8) is 0 Å². The van der Waals surface area contributed by atoms with Crippen LogP contribution in [0.2, 0.25) is 0 Å². The summed E-state index contributed by atoms with van der Waals surface area (Å²) >= 11 is 0. The van der Waals surface area contributed by atoms with E-state index in [4.69, 9.17) is 20.3 Å². The zero-order chi connectivity index (χ0) is 25.9. The normalized spacial score (nSPS) is 35.6. The molecule has 1 aliphatic rings. The van der Waals surface area contributed by atoms with E-state index in [1.54, 1.807) is 6.07 Å². The van der Waals surface area contributed by atoms with E-state index in [0.717, 1.165) is 4.90 Å². The van der Waals surface area contributed by atoms with Crippen LogP contribution in [0.3, 0.4) is 0 Å². The summed E-state index contributed by atoms with van der Waals surface area (Å²) in [6.45, 7) is -7.70. The molecule has 3 rings (SSSR count). The molecular weight excluding hydrogens is 292 g/mol. The van der Waals surface area contributed by atoms with Gasteiger partial charge in [0.25, 0.3) is 0 Å². The van der Waals surface area contributed by atoms with Gasteiger partial charge < -0.3 is 14.8 Å². The summed E-state index contributed by atoms with van der Waals surface area (Å²) in [5.41, 5.74) is -0.250. The Hall–Kier alpha value is -2.62. The maximum absolute atomic E-state index is 12.4. The molecule has 7 heteroatoms. The highest BCUT2D eigenvalue weighted by Crippen LogP contribution is 2.28. The second kappa shape index (κ2) is 6.24. The molecule has 2 aromatic rings. The summed E-state index contributed by atoms with van der Waals surface area (Å²) in [6, 6.07) is -1.81. The number of piperidine rings is 1. The lowest BCUT2D eigenvalue weighted by molar-refractivity contribution is -0.131. The Morgan fingerprint density at radius 3 is 3.43 bits per heavy atom. The number of nitrogens with one attached hydrogen (secondary N) is 1. The quantitative estimate of drug-likeness (QED) is 0.925. The average Bonchev–Trinajstić information content (AvgIpc) is 2.95. The van der Waals surface area contributed by atoms with Gasteiger partial charge in [-0.1, -0.05) is 6.85 Å². The van der Waals surface area contributed by atoms with Gasteiger partial charge in [-0.25, -0.2) is 9.97 Å². The average molecular weight is 323 g/mol. The Morgan fingerprint density at radius 2 is 2.65 bits per heavy atom. The molecule has 0 aliphatic carbocycles. The van der Waals surface area contributed by atoms with E-state index >= 15 is 0 Å². The lowest BCUT2D eigenvalue weighted by Gasteiger charge is -2.42. The molecule has 23 heavy (non-hydrogen) atoms. The summed E-state index contributed by atoms with van der Waals surface area (Å²) in [5, 5.41) is 8.53. The summed E-state index contributed by atoms with van der Waals surface area (Å²) in [6.07, 6.45) is -2.44. The van der Waals surface area contributed by atoms with Crippen molar-refractivity contribution in [2.45, 2.75) is 25.7 Å². The summed E-state index contributed by atoms with van der Waals surface area (Å²) in [7, 11) is 0. The van der Waals surface area contributed by atoms with Crippen molar-refractivity contribution in [1.82, 2.24) is 19.9 Å². The number of aromatic nitrogens is 3. The molecule has 2 aromatic heterocycles. The minimum absolute atomic E-state index is 0.249. The number of nitriles is 1. The van der Waals surface area contributed by atoms with Gasteiger partial charge in [0.05, 0.1) is 21.6 Å². The van der Waals surface area contributed by atoms with E-state index in [2.05, 4.69) is 15.0 Å². The predicted octanol–water partition coefficient (Wildman–Crippen LogP) is 1.54. The minimum Gasteiger partial charge on any atom is -0.354 e. The van der Waals surface area contributed by atoms with Crippen molar-refractivity contribution in [2.75, 3.05) is 25.0 Å². The molecule has 0 bridgehead atoms. The van der Waals surface area contributed by atoms with Crippen LogP contribution in [0.15, 0.2) is 18.5 Å². The number of likely N-dealkylation sites (tertiary alicyclic amines) is 1.